The molecular weight excluding hydrogens is 284 g/mol. The van der Waals surface area contributed by atoms with Crippen LogP contribution in [-0.2, 0) is 0 Å². The van der Waals surface area contributed by atoms with E-state index in [0.29, 0.717) is 0 Å². The Bertz CT molecular complexity index is 282. The first-order chi connectivity index (χ1) is 9.70. The van der Waals surface area contributed by atoms with Gasteiger partial charge in [-0.3, -0.25) is 4.99 Å². The van der Waals surface area contributed by atoms with Gasteiger partial charge in [-0.1, -0.05) is 52.4 Å². The lowest BCUT2D eigenvalue weighted by Crippen LogP contribution is -2.44. The number of aliphatic imine (C=N–C) groups is 1. The number of aliphatic hydroxyl groups excluding tert-OH is 1. The summed E-state index contributed by atoms with van der Waals surface area (Å²) in [6.07, 6.45) is 11.0. The van der Waals surface area contributed by atoms with E-state index < -0.39 is 0 Å². The van der Waals surface area contributed by atoms with E-state index in [9.17, 15) is 5.11 Å². The molecule has 0 aromatic heterocycles. The molecule has 0 saturated heterocycles. The standard InChI is InChI=1S/C17H34N2O.ClH/c1-4-6-7-8-9-10-12-17-18-13-14-19(17)16(11-5-2)15(3)20;/h15-16,20H,4-14H2,1-3H3;1H. The van der Waals surface area contributed by atoms with Crippen LogP contribution in [0, 0.1) is 0 Å². The van der Waals surface area contributed by atoms with E-state index in [1.165, 1.54) is 44.4 Å². The van der Waals surface area contributed by atoms with Gasteiger partial charge in [0, 0.05) is 13.0 Å². The predicted octanol–water partition coefficient (Wildman–Crippen LogP) is 4.42. The van der Waals surface area contributed by atoms with Crippen LogP contribution in [0.1, 0.15) is 78.6 Å². The van der Waals surface area contributed by atoms with E-state index in [4.69, 9.17) is 0 Å². The Labute approximate surface area is 137 Å². The van der Waals surface area contributed by atoms with Crippen molar-refractivity contribution in [3.8, 4) is 0 Å². The number of rotatable bonds is 11. The van der Waals surface area contributed by atoms with E-state index in [1.807, 2.05) is 6.92 Å². The van der Waals surface area contributed by atoms with Gasteiger partial charge in [-0.25, -0.2) is 0 Å². The maximum absolute atomic E-state index is 9.99. The molecule has 4 heteroatoms. The Morgan fingerprint density at radius 3 is 2.38 bits per heavy atom. The van der Waals surface area contributed by atoms with E-state index >= 15 is 0 Å². The van der Waals surface area contributed by atoms with Crippen LogP contribution in [0.4, 0.5) is 0 Å². The number of halogens is 1. The van der Waals surface area contributed by atoms with Crippen LogP contribution in [0.25, 0.3) is 0 Å². The fourth-order valence-electron chi connectivity index (χ4n) is 3.10. The zero-order valence-corrected chi connectivity index (χ0v) is 15.0. The van der Waals surface area contributed by atoms with Crippen molar-refractivity contribution in [2.45, 2.75) is 90.7 Å². The van der Waals surface area contributed by atoms with Crippen LogP contribution in [0.3, 0.4) is 0 Å². The third-order valence-electron chi connectivity index (χ3n) is 4.26. The molecule has 126 valence electrons. The number of aliphatic hydroxyl groups is 1. The van der Waals surface area contributed by atoms with Crippen LogP contribution in [0.2, 0.25) is 0 Å². The van der Waals surface area contributed by atoms with Crippen molar-refractivity contribution in [1.82, 2.24) is 4.90 Å². The van der Waals surface area contributed by atoms with Gasteiger partial charge in [0.2, 0.25) is 0 Å². The van der Waals surface area contributed by atoms with Crippen LogP contribution >= 0.6 is 12.4 Å². The van der Waals surface area contributed by atoms with Crippen molar-refractivity contribution in [3.05, 3.63) is 0 Å². The zero-order valence-electron chi connectivity index (χ0n) is 14.2. The second kappa shape index (κ2) is 12.3. The monoisotopic (exact) mass is 318 g/mol. The molecule has 0 aromatic rings. The quantitative estimate of drug-likeness (QED) is 0.572. The average molecular weight is 319 g/mol. The maximum atomic E-state index is 9.99. The summed E-state index contributed by atoms with van der Waals surface area (Å²) in [5.74, 6) is 1.25. The van der Waals surface area contributed by atoms with Crippen molar-refractivity contribution >= 4 is 18.2 Å². The Hall–Kier alpha value is -0.280. The Morgan fingerprint density at radius 1 is 1.10 bits per heavy atom. The molecule has 0 spiro atoms. The molecule has 21 heavy (non-hydrogen) atoms. The Morgan fingerprint density at radius 2 is 1.76 bits per heavy atom. The number of hydrogen-bond donors (Lipinski definition) is 1. The maximum Gasteiger partial charge on any atom is 0.0993 e. The molecule has 1 aliphatic heterocycles. The summed E-state index contributed by atoms with van der Waals surface area (Å²) in [4.78, 5) is 7.04. The number of hydrogen-bond acceptors (Lipinski definition) is 3. The molecule has 1 aliphatic rings. The van der Waals surface area contributed by atoms with Gasteiger partial charge < -0.3 is 10.0 Å². The number of nitrogens with zero attached hydrogens (tertiary/aromatic N) is 2. The average Bonchev–Trinajstić information content (AvgIpc) is 2.87. The highest BCUT2D eigenvalue weighted by Crippen LogP contribution is 2.19. The summed E-state index contributed by atoms with van der Waals surface area (Å²) in [5, 5.41) is 9.99. The van der Waals surface area contributed by atoms with Gasteiger partial charge in [0.25, 0.3) is 0 Å². The van der Waals surface area contributed by atoms with Gasteiger partial charge in [0.15, 0.2) is 0 Å². The van der Waals surface area contributed by atoms with Crippen molar-refractivity contribution in [2.24, 2.45) is 4.99 Å². The summed E-state index contributed by atoms with van der Waals surface area (Å²) in [5.41, 5.74) is 0. The molecule has 0 radical (unpaired) electrons. The van der Waals surface area contributed by atoms with E-state index in [2.05, 4.69) is 23.7 Å². The SMILES string of the molecule is CCCCCCCCC1=NCCN1C(CCC)C(C)O.Cl. The predicted molar refractivity (Wildman–Crippen MR) is 94.6 cm³/mol. The lowest BCUT2D eigenvalue weighted by molar-refractivity contribution is 0.0966. The lowest BCUT2D eigenvalue weighted by atomic mass is 10.0. The molecule has 3 nitrogen and oxygen atoms in total. The van der Waals surface area contributed by atoms with Gasteiger partial charge in [-0.15, -0.1) is 12.4 Å². The summed E-state index contributed by atoms with van der Waals surface area (Å²) in [6.45, 7) is 8.28. The van der Waals surface area contributed by atoms with Gasteiger partial charge in [-0.2, -0.15) is 0 Å². The molecule has 0 amide bonds. The minimum Gasteiger partial charge on any atom is -0.391 e. The minimum atomic E-state index is -0.261. The molecule has 2 atom stereocenters. The molecule has 0 bridgehead atoms. The third-order valence-corrected chi connectivity index (χ3v) is 4.26. The van der Waals surface area contributed by atoms with Gasteiger partial charge in [0.05, 0.1) is 24.5 Å². The molecular formula is C17H35ClN2O. The lowest BCUT2D eigenvalue weighted by Gasteiger charge is -2.32. The molecule has 0 aromatic carbocycles. The van der Waals surface area contributed by atoms with Crippen LogP contribution in [0.5, 0.6) is 0 Å². The third kappa shape index (κ3) is 7.51. The van der Waals surface area contributed by atoms with Crippen LogP contribution in [-0.4, -0.2) is 41.1 Å². The van der Waals surface area contributed by atoms with Gasteiger partial charge in [-0.05, 0) is 19.8 Å². The summed E-state index contributed by atoms with van der Waals surface area (Å²) in [6, 6.07) is 0.265. The van der Waals surface area contributed by atoms with Gasteiger partial charge in [0.1, 0.15) is 0 Å². The second-order valence-electron chi connectivity index (χ2n) is 6.11. The Balaban J connectivity index is 0.00000400. The van der Waals surface area contributed by atoms with Crippen LogP contribution in [0.15, 0.2) is 4.99 Å². The van der Waals surface area contributed by atoms with E-state index in [-0.39, 0.29) is 24.6 Å². The fraction of sp³-hybridized carbons (Fsp3) is 0.941. The molecule has 1 heterocycles. The summed E-state index contributed by atoms with van der Waals surface area (Å²) < 4.78 is 0. The normalized spacial score (nSPS) is 17.3. The molecule has 1 N–H and O–H groups in total. The van der Waals surface area contributed by atoms with Crippen LogP contribution < -0.4 is 0 Å². The van der Waals surface area contributed by atoms with E-state index in [0.717, 1.165) is 32.4 Å². The zero-order chi connectivity index (χ0) is 14.8. The number of amidine groups is 1. The first kappa shape index (κ1) is 20.7. The first-order valence-electron chi connectivity index (χ1n) is 8.68. The first-order valence-corrected chi connectivity index (χ1v) is 8.68. The molecule has 1 rings (SSSR count). The summed E-state index contributed by atoms with van der Waals surface area (Å²) in [7, 11) is 0. The largest absolute Gasteiger partial charge is 0.391 e. The van der Waals surface area contributed by atoms with Crippen molar-refractivity contribution in [2.75, 3.05) is 13.1 Å². The Kier molecular flexibility index (Phi) is 12.1. The molecule has 0 saturated carbocycles. The highest BCUT2D eigenvalue weighted by atomic mass is 35.5. The topological polar surface area (TPSA) is 35.8 Å². The minimum absolute atomic E-state index is 0. The second-order valence-corrected chi connectivity index (χ2v) is 6.11. The smallest absolute Gasteiger partial charge is 0.0993 e. The summed E-state index contributed by atoms with van der Waals surface area (Å²) >= 11 is 0. The van der Waals surface area contributed by atoms with Crippen molar-refractivity contribution in [1.29, 1.82) is 0 Å². The highest BCUT2D eigenvalue weighted by Gasteiger charge is 2.27. The highest BCUT2D eigenvalue weighted by molar-refractivity contribution is 5.85. The van der Waals surface area contributed by atoms with Gasteiger partial charge >= 0.3 is 0 Å². The van der Waals surface area contributed by atoms with E-state index in [1.54, 1.807) is 0 Å². The number of unbranched alkanes of at least 4 members (excludes halogenated alkanes) is 5. The molecule has 0 aliphatic carbocycles. The van der Waals surface area contributed by atoms with Crippen molar-refractivity contribution < 1.29 is 5.11 Å². The fourth-order valence-corrected chi connectivity index (χ4v) is 3.10. The molecule has 2 unspecified atom stereocenters. The molecule has 0 fully saturated rings. The van der Waals surface area contributed by atoms with Crippen molar-refractivity contribution in [3.63, 3.8) is 0 Å².